The molecule has 1 N–H and O–H groups in total. The number of aromatic amines is 1. The summed E-state index contributed by atoms with van der Waals surface area (Å²) in [6.07, 6.45) is 1.23. The zero-order valence-corrected chi connectivity index (χ0v) is 10.7. The molecule has 4 nitrogen and oxygen atoms in total. The first-order chi connectivity index (χ1) is 8.63. The van der Waals surface area contributed by atoms with Gasteiger partial charge in [0.25, 0.3) is 0 Å². The summed E-state index contributed by atoms with van der Waals surface area (Å²) in [5.74, 6) is -0.129. The van der Waals surface area contributed by atoms with Gasteiger partial charge in [-0.25, -0.2) is 4.79 Å². The van der Waals surface area contributed by atoms with Crippen molar-refractivity contribution in [1.29, 1.82) is 0 Å². The molecule has 3 rings (SSSR count). The second kappa shape index (κ2) is 4.44. The highest BCUT2D eigenvalue weighted by Gasteiger charge is 2.29. The van der Waals surface area contributed by atoms with Gasteiger partial charge in [0.2, 0.25) is 0 Å². The highest BCUT2D eigenvalue weighted by Crippen LogP contribution is 2.37. The van der Waals surface area contributed by atoms with E-state index in [9.17, 15) is 4.79 Å². The molecule has 5 heteroatoms. The average molecular weight is 268 g/mol. The minimum Gasteiger partial charge on any atom is -0.408 e. The number of benzene rings is 1. The molecular formula is C13H14ClNO3. The summed E-state index contributed by atoms with van der Waals surface area (Å²) in [5, 5.41) is -0.112. The van der Waals surface area contributed by atoms with Crippen molar-refractivity contribution in [3.05, 3.63) is 34.3 Å². The molecular weight excluding hydrogens is 254 g/mol. The Morgan fingerprint density at radius 2 is 2.33 bits per heavy atom. The predicted octanol–water partition coefficient (Wildman–Crippen LogP) is 2.83. The van der Waals surface area contributed by atoms with Crippen LogP contribution in [0, 0.1) is 5.92 Å². The van der Waals surface area contributed by atoms with E-state index in [4.69, 9.17) is 20.8 Å². The van der Waals surface area contributed by atoms with E-state index < -0.39 is 5.76 Å². The first-order valence-electron chi connectivity index (χ1n) is 6.02. The molecule has 2 heterocycles. The van der Waals surface area contributed by atoms with E-state index in [1.54, 1.807) is 0 Å². The SMILES string of the molecule is CC1CC(C(Cl)c2ccc3[nH]c(=O)oc3c2)CO1. The number of ether oxygens (including phenoxy) is 1. The number of H-pyrrole nitrogens is 1. The molecule has 96 valence electrons. The zero-order chi connectivity index (χ0) is 12.7. The maximum Gasteiger partial charge on any atom is 0.417 e. The topological polar surface area (TPSA) is 55.2 Å². The lowest BCUT2D eigenvalue weighted by Gasteiger charge is -2.15. The molecule has 2 aromatic rings. The van der Waals surface area contributed by atoms with Gasteiger partial charge in [0.05, 0.1) is 23.6 Å². The van der Waals surface area contributed by atoms with E-state index in [-0.39, 0.29) is 11.5 Å². The summed E-state index contributed by atoms with van der Waals surface area (Å²) in [6.45, 7) is 2.74. The Bertz CT molecular complexity index is 618. The highest BCUT2D eigenvalue weighted by molar-refractivity contribution is 6.21. The van der Waals surface area contributed by atoms with E-state index in [1.807, 2.05) is 18.2 Å². The molecule has 3 unspecified atom stereocenters. The van der Waals surface area contributed by atoms with E-state index in [0.717, 1.165) is 12.0 Å². The van der Waals surface area contributed by atoms with Gasteiger partial charge in [-0.2, -0.15) is 0 Å². The fraction of sp³-hybridized carbons (Fsp3) is 0.462. The minimum atomic E-state index is -0.439. The second-order valence-electron chi connectivity index (χ2n) is 4.81. The molecule has 1 aliphatic rings. The van der Waals surface area contributed by atoms with E-state index in [2.05, 4.69) is 11.9 Å². The molecule has 0 aliphatic carbocycles. The Morgan fingerprint density at radius 3 is 3.06 bits per heavy atom. The molecule has 0 saturated carbocycles. The van der Waals surface area contributed by atoms with Crippen LogP contribution < -0.4 is 5.76 Å². The Hall–Kier alpha value is -1.26. The molecule has 0 radical (unpaired) electrons. The summed E-state index contributed by atoms with van der Waals surface area (Å²) in [4.78, 5) is 13.7. The van der Waals surface area contributed by atoms with E-state index in [0.29, 0.717) is 23.6 Å². The van der Waals surface area contributed by atoms with Crippen LogP contribution in [0.2, 0.25) is 0 Å². The monoisotopic (exact) mass is 267 g/mol. The van der Waals surface area contributed by atoms with Crippen molar-refractivity contribution in [3.8, 4) is 0 Å². The molecule has 1 aliphatic heterocycles. The molecule has 0 spiro atoms. The summed E-state index contributed by atoms with van der Waals surface area (Å²) in [5.41, 5.74) is 2.22. The third-order valence-electron chi connectivity index (χ3n) is 3.41. The van der Waals surface area contributed by atoms with Crippen molar-refractivity contribution < 1.29 is 9.15 Å². The van der Waals surface area contributed by atoms with Crippen LogP contribution in [0.25, 0.3) is 11.1 Å². The Labute approximate surface area is 109 Å². The lowest BCUT2D eigenvalue weighted by Crippen LogP contribution is -2.07. The molecule has 0 bridgehead atoms. The summed E-state index contributed by atoms with van der Waals surface area (Å²) >= 11 is 6.48. The number of nitrogens with one attached hydrogen (secondary N) is 1. The van der Waals surface area contributed by atoms with Gasteiger partial charge >= 0.3 is 5.76 Å². The molecule has 1 saturated heterocycles. The predicted molar refractivity (Wildman–Crippen MR) is 68.9 cm³/mol. The fourth-order valence-electron chi connectivity index (χ4n) is 2.46. The van der Waals surface area contributed by atoms with Crippen LogP contribution in [-0.2, 0) is 4.74 Å². The number of alkyl halides is 1. The highest BCUT2D eigenvalue weighted by atomic mass is 35.5. The number of hydrogen-bond donors (Lipinski definition) is 1. The maximum absolute atomic E-state index is 11.1. The van der Waals surface area contributed by atoms with Gasteiger partial charge < -0.3 is 9.15 Å². The quantitative estimate of drug-likeness (QED) is 0.852. The first-order valence-corrected chi connectivity index (χ1v) is 6.45. The van der Waals surface area contributed by atoms with Crippen molar-refractivity contribution in [1.82, 2.24) is 4.98 Å². The average Bonchev–Trinajstić information content (AvgIpc) is 2.92. The third kappa shape index (κ3) is 2.06. The number of oxazole rings is 1. The first kappa shape index (κ1) is 11.8. The van der Waals surface area contributed by atoms with Crippen LogP contribution in [0.3, 0.4) is 0 Å². The number of fused-ring (bicyclic) bond motifs is 1. The van der Waals surface area contributed by atoms with Gasteiger partial charge in [-0.3, -0.25) is 4.98 Å². The number of aromatic nitrogens is 1. The van der Waals surface area contributed by atoms with Crippen LogP contribution in [0.15, 0.2) is 27.4 Å². The van der Waals surface area contributed by atoms with Crippen LogP contribution in [-0.4, -0.2) is 17.7 Å². The zero-order valence-electron chi connectivity index (χ0n) is 9.98. The lowest BCUT2D eigenvalue weighted by atomic mass is 9.96. The van der Waals surface area contributed by atoms with Crippen LogP contribution >= 0.6 is 11.6 Å². The normalized spacial score (nSPS) is 25.7. The van der Waals surface area contributed by atoms with Crippen molar-refractivity contribution >= 4 is 22.7 Å². The van der Waals surface area contributed by atoms with E-state index in [1.165, 1.54) is 0 Å². The molecule has 3 atom stereocenters. The van der Waals surface area contributed by atoms with Gasteiger partial charge in [0.1, 0.15) is 0 Å². The molecule has 18 heavy (non-hydrogen) atoms. The van der Waals surface area contributed by atoms with E-state index >= 15 is 0 Å². The number of halogens is 1. The molecule has 1 aromatic carbocycles. The Morgan fingerprint density at radius 1 is 1.50 bits per heavy atom. The van der Waals surface area contributed by atoms with Crippen molar-refractivity contribution in [2.75, 3.05) is 6.61 Å². The Balaban J connectivity index is 1.91. The molecule has 1 fully saturated rings. The minimum absolute atomic E-state index is 0.112. The summed E-state index contributed by atoms with van der Waals surface area (Å²) in [6, 6.07) is 5.58. The van der Waals surface area contributed by atoms with Crippen molar-refractivity contribution in [2.24, 2.45) is 5.92 Å². The summed E-state index contributed by atoms with van der Waals surface area (Å²) in [7, 11) is 0. The standard InChI is InChI=1S/C13H14ClNO3/c1-7-4-9(6-17-7)12(14)8-2-3-10-11(5-8)18-13(16)15-10/h2-3,5,7,9,12H,4,6H2,1H3,(H,15,16). The second-order valence-corrected chi connectivity index (χ2v) is 5.28. The Kier molecular flexibility index (Phi) is 2.92. The van der Waals surface area contributed by atoms with Gasteiger partial charge in [-0.1, -0.05) is 6.07 Å². The molecule has 0 amide bonds. The summed E-state index contributed by atoms with van der Waals surface area (Å²) < 4.78 is 10.6. The smallest absolute Gasteiger partial charge is 0.408 e. The van der Waals surface area contributed by atoms with Gasteiger partial charge in [-0.15, -0.1) is 11.6 Å². The van der Waals surface area contributed by atoms with Crippen molar-refractivity contribution in [3.63, 3.8) is 0 Å². The van der Waals surface area contributed by atoms with Gasteiger partial charge in [0, 0.05) is 5.92 Å². The number of hydrogen-bond acceptors (Lipinski definition) is 3. The largest absolute Gasteiger partial charge is 0.417 e. The number of rotatable bonds is 2. The van der Waals surface area contributed by atoms with Gasteiger partial charge in [0.15, 0.2) is 5.58 Å². The van der Waals surface area contributed by atoms with Crippen LogP contribution in [0.5, 0.6) is 0 Å². The molecule has 1 aromatic heterocycles. The maximum atomic E-state index is 11.1. The van der Waals surface area contributed by atoms with Crippen molar-refractivity contribution in [2.45, 2.75) is 24.8 Å². The van der Waals surface area contributed by atoms with Gasteiger partial charge in [-0.05, 0) is 31.0 Å². The fourth-order valence-corrected chi connectivity index (χ4v) is 2.77. The third-order valence-corrected chi connectivity index (χ3v) is 4.02. The lowest BCUT2D eigenvalue weighted by molar-refractivity contribution is 0.120. The van der Waals surface area contributed by atoms with Crippen LogP contribution in [0.4, 0.5) is 0 Å². The van der Waals surface area contributed by atoms with Crippen LogP contribution in [0.1, 0.15) is 24.3 Å².